The molecule has 0 bridgehead atoms. The fraction of sp³-hybridized carbons (Fsp3) is 0.857. The molecular formula is C14H25N3O4. The molecule has 1 N–H and O–H groups in total. The summed E-state index contributed by atoms with van der Waals surface area (Å²) in [6.07, 6.45) is 1.46. The molecule has 0 spiro atoms. The minimum Gasteiger partial charge on any atom is -0.480 e. The van der Waals surface area contributed by atoms with Crippen LogP contribution < -0.4 is 0 Å². The van der Waals surface area contributed by atoms with E-state index in [4.69, 9.17) is 9.84 Å². The van der Waals surface area contributed by atoms with Gasteiger partial charge in [-0.05, 0) is 13.0 Å². The van der Waals surface area contributed by atoms with Gasteiger partial charge in [0.25, 0.3) is 0 Å². The summed E-state index contributed by atoms with van der Waals surface area (Å²) in [5.41, 5.74) is 0. The van der Waals surface area contributed by atoms with Crippen molar-refractivity contribution in [2.45, 2.75) is 12.8 Å². The Hall–Kier alpha value is -1.18. The quantitative estimate of drug-likeness (QED) is 0.701. The third-order valence-corrected chi connectivity index (χ3v) is 4.05. The molecule has 0 aromatic heterocycles. The molecule has 0 atom stereocenters. The first-order valence-electron chi connectivity index (χ1n) is 7.67. The van der Waals surface area contributed by atoms with E-state index in [1.807, 2.05) is 9.80 Å². The first-order chi connectivity index (χ1) is 10.1. The highest BCUT2D eigenvalue weighted by molar-refractivity contribution is 5.76. The van der Waals surface area contributed by atoms with Crippen LogP contribution in [-0.4, -0.2) is 97.3 Å². The predicted molar refractivity (Wildman–Crippen MR) is 77.1 cm³/mol. The van der Waals surface area contributed by atoms with Crippen molar-refractivity contribution in [2.24, 2.45) is 0 Å². The van der Waals surface area contributed by atoms with Gasteiger partial charge in [-0.3, -0.25) is 14.5 Å². The van der Waals surface area contributed by atoms with E-state index in [1.54, 1.807) is 0 Å². The number of amides is 1. The van der Waals surface area contributed by atoms with Crippen LogP contribution in [0.15, 0.2) is 0 Å². The van der Waals surface area contributed by atoms with E-state index >= 15 is 0 Å². The lowest BCUT2D eigenvalue weighted by atomic mass is 10.2. The Balaban J connectivity index is 1.57. The first kappa shape index (κ1) is 16.2. The summed E-state index contributed by atoms with van der Waals surface area (Å²) in [4.78, 5) is 28.8. The Kier molecular flexibility index (Phi) is 6.41. The van der Waals surface area contributed by atoms with Gasteiger partial charge in [0.2, 0.25) is 5.91 Å². The van der Waals surface area contributed by atoms with Gasteiger partial charge in [-0.2, -0.15) is 0 Å². The zero-order valence-corrected chi connectivity index (χ0v) is 12.5. The number of piperazine rings is 1. The molecule has 7 nitrogen and oxygen atoms in total. The van der Waals surface area contributed by atoms with E-state index in [-0.39, 0.29) is 12.5 Å². The van der Waals surface area contributed by atoms with Gasteiger partial charge in [-0.25, -0.2) is 0 Å². The predicted octanol–water partition coefficient (Wildman–Crippen LogP) is -0.672. The molecule has 0 aromatic carbocycles. The highest BCUT2D eigenvalue weighted by atomic mass is 16.5. The smallest absolute Gasteiger partial charge is 0.317 e. The fourth-order valence-electron chi connectivity index (χ4n) is 2.79. The average molecular weight is 299 g/mol. The van der Waals surface area contributed by atoms with E-state index in [1.165, 1.54) is 0 Å². The minimum absolute atomic E-state index is 0.128. The Labute approximate surface area is 125 Å². The van der Waals surface area contributed by atoms with Crippen LogP contribution in [0.5, 0.6) is 0 Å². The lowest BCUT2D eigenvalue weighted by molar-refractivity contribution is -0.139. The molecule has 0 saturated carbocycles. The molecule has 0 aromatic rings. The third-order valence-electron chi connectivity index (χ3n) is 4.05. The SMILES string of the molecule is O=C(O)CN1CCN(CCCC(=O)N2CCOCC2)CC1. The Morgan fingerprint density at radius 2 is 1.57 bits per heavy atom. The Morgan fingerprint density at radius 1 is 0.952 bits per heavy atom. The maximum atomic E-state index is 12.0. The van der Waals surface area contributed by atoms with Gasteiger partial charge in [0.05, 0.1) is 19.8 Å². The van der Waals surface area contributed by atoms with Crippen LogP contribution in [0.3, 0.4) is 0 Å². The van der Waals surface area contributed by atoms with Crippen LogP contribution in [0.1, 0.15) is 12.8 Å². The number of aliphatic carboxylic acids is 1. The summed E-state index contributed by atoms with van der Waals surface area (Å²) in [7, 11) is 0. The van der Waals surface area contributed by atoms with Gasteiger partial charge in [0.1, 0.15) is 0 Å². The zero-order chi connectivity index (χ0) is 15.1. The monoisotopic (exact) mass is 299 g/mol. The number of carbonyl (C=O) groups is 2. The topological polar surface area (TPSA) is 73.3 Å². The van der Waals surface area contributed by atoms with E-state index < -0.39 is 5.97 Å². The number of morpholine rings is 1. The molecule has 0 aliphatic carbocycles. The molecule has 7 heteroatoms. The van der Waals surface area contributed by atoms with Crippen molar-refractivity contribution in [3.63, 3.8) is 0 Å². The second kappa shape index (κ2) is 8.31. The minimum atomic E-state index is -0.764. The fourth-order valence-corrected chi connectivity index (χ4v) is 2.79. The molecule has 120 valence electrons. The molecule has 2 fully saturated rings. The summed E-state index contributed by atoms with van der Waals surface area (Å²) in [5, 5.41) is 8.75. The van der Waals surface area contributed by atoms with Gasteiger partial charge in [-0.15, -0.1) is 0 Å². The Bertz CT molecular complexity index is 350. The Morgan fingerprint density at radius 3 is 2.19 bits per heavy atom. The molecule has 2 saturated heterocycles. The zero-order valence-electron chi connectivity index (χ0n) is 12.5. The van der Waals surface area contributed by atoms with Crippen molar-refractivity contribution in [3.05, 3.63) is 0 Å². The van der Waals surface area contributed by atoms with E-state index in [2.05, 4.69) is 4.90 Å². The van der Waals surface area contributed by atoms with Gasteiger partial charge >= 0.3 is 5.97 Å². The molecular weight excluding hydrogens is 274 g/mol. The molecule has 2 rings (SSSR count). The number of rotatable bonds is 6. The lowest BCUT2D eigenvalue weighted by Gasteiger charge is -2.34. The molecule has 21 heavy (non-hydrogen) atoms. The number of hydrogen-bond acceptors (Lipinski definition) is 5. The molecule has 2 aliphatic rings. The van der Waals surface area contributed by atoms with Crippen LogP contribution >= 0.6 is 0 Å². The van der Waals surface area contributed by atoms with Crippen molar-refractivity contribution in [3.8, 4) is 0 Å². The number of ether oxygens (including phenoxy) is 1. The van der Waals surface area contributed by atoms with Gasteiger partial charge in [-0.1, -0.05) is 0 Å². The number of carbonyl (C=O) groups excluding carboxylic acids is 1. The molecule has 1 amide bonds. The number of nitrogens with zero attached hydrogens (tertiary/aromatic N) is 3. The summed E-state index contributed by atoms with van der Waals surface area (Å²) in [6.45, 7) is 7.14. The normalized spacial score (nSPS) is 21.4. The highest BCUT2D eigenvalue weighted by Gasteiger charge is 2.20. The van der Waals surface area contributed by atoms with E-state index in [9.17, 15) is 9.59 Å². The molecule has 2 heterocycles. The van der Waals surface area contributed by atoms with Crippen LogP contribution in [0.4, 0.5) is 0 Å². The summed E-state index contributed by atoms with van der Waals surface area (Å²) in [6, 6.07) is 0. The summed E-state index contributed by atoms with van der Waals surface area (Å²) in [5.74, 6) is -0.539. The number of carboxylic acids is 1. The van der Waals surface area contributed by atoms with Crippen LogP contribution in [-0.2, 0) is 14.3 Å². The third kappa shape index (κ3) is 5.61. The van der Waals surface area contributed by atoms with Crippen molar-refractivity contribution >= 4 is 11.9 Å². The summed E-state index contributed by atoms with van der Waals surface area (Å²) < 4.78 is 5.24. The second-order valence-corrected chi connectivity index (χ2v) is 5.61. The van der Waals surface area contributed by atoms with Crippen LogP contribution in [0.2, 0.25) is 0 Å². The van der Waals surface area contributed by atoms with E-state index in [0.29, 0.717) is 32.7 Å². The first-order valence-corrected chi connectivity index (χ1v) is 7.67. The maximum Gasteiger partial charge on any atom is 0.317 e. The lowest BCUT2D eigenvalue weighted by Crippen LogP contribution is -2.48. The second-order valence-electron chi connectivity index (χ2n) is 5.61. The average Bonchev–Trinajstić information content (AvgIpc) is 2.49. The van der Waals surface area contributed by atoms with Gasteiger partial charge in [0, 0.05) is 45.7 Å². The molecule has 0 unspecified atom stereocenters. The number of hydrogen-bond donors (Lipinski definition) is 1. The largest absolute Gasteiger partial charge is 0.480 e. The van der Waals surface area contributed by atoms with Crippen molar-refractivity contribution < 1.29 is 19.4 Å². The molecule has 0 radical (unpaired) electrons. The maximum absolute atomic E-state index is 12.0. The van der Waals surface area contributed by atoms with Crippen molar-refractivity contribution in [1.82, 2.24) is 14.7 Å². The van der Waals surface area contributed by atoms with E-state index in [0.717, 1.165) is 39.1 Å². The van der Waals surface area contributed by atoms with Gasteiger partial charge < -0.3 is 19.6 Å². The highest BCUT2D eigenvalue weighted by Crippen LogP contribution is 2.06. The van der Waals surface area contributed by atoms with Gasteiger partial charge in [0.15, 0.2) is 0 Å². The number of carboxylic acid groups (broad SMARTS) is 1. The molecule has 2 aliphatic heterocycles. The standard InChI is InChI=1S/C14H25N3O4/c18-13(17-8-10-21-11-9-17)2-1-3-15-4-6-16(7-5-15)12-14(19)20/h1-12H2,(H,19,20). The van der Waals surface area contributed by atoms with Crippen molar-refractivity contribution in [2.75, 3.05) is 65.6 Å². The van der Waals surface area contributed by atoms with Crippen LogP contribution in [0.25, 0.3) is 0 Å². The van der Waals surface area contributed by atoms with Crippen molar-refractivity contribution in [1.29, 1.82) is 0 Å². The summed E-state index contributed by atoms with van der Waals surface area (Å²) >= 11 is 0. The van der Waals surface area contributed by atoms with Crippen LogP contribution in [0, 0.1) is 0 Å².